The first kappa shape index (κ1) is 23.6. The van der Waals surface area contributed by atoms with Crippen molar-refractivity contribution < 1.29 is 18.8 Å². The number of carbonyl (C=O) groups is 3. The Labute approximate surface area is 180 Å². The number of nitrogens with one attached hydrogen (secondary N) is 2. The Hall–Kier alpha value is -2.72. The molecule has 30 heavy (non-hydrogen) atoms. The van der Waals surface area contributed by atoms with Gasteiger partial charge in [0.05, 0.1) is 18.4 Å². The third-order valence-corrected chi connectivity index (χ3v) is 4.77. The first-order chi connectivity index (χ1) is 14.2. The highest BCUT2D eigenvalue weighted by atomic mass is 32.1. The van der Waals surface area contributed by atoms with Crippen molar-refractivity contribution in [2.75, 3.05) is 45.6 Å². The number of furan rings is 1. The standard InChI is InChI=1S/C20H29N5O4S/c1-14(2)11-25(19(28)16-6-5-9-29-16)12-18(27)23-20-22-15(13-30-20)10-17(26)21-7-8-24(3)4/h5-6,9,13-14H,7-8,10-12H2,1-4H3,(H,21,26)(H,22,23,27). The number of likely N-dealkylation sites (N-methyl/N-ethyl adjacent to an activating group) is 1. The summed E-state index contributed by atoms with van der Waals surface area (Å²) in [6.07, 6.45) is 1.57. The Morgan fingerprint density at radius 1 is 1.23 bits per heavy atom. The molecule has 0 aromatic carbocycles. The highest BCUT2D eigenvalue weighted by Crippen LogP contribution is 2.16. The number of thiazole rings is 1. The lowest BCUT2D eigenvalue weighted by Gasteiger charge is -2.22. The average molecular weight is 436 g/mol. The van der Waals surface area contributed by atoms with Crippen LogP contribution in [0.5, 0.6) is 0 Å². The molecule has 2 rings (SSSR count). The molecule has 2 N–H and O–H groups in total. The molecule has 0 fully saturated rings. The van der Waals surface area contributed by atoms with Crippen LogP contribution in [0, 0.1) is 5.92 Å². The lowest BCUT2D eigenvalue weighted by atomic mass is 10.2. The molecule has 0 radical (unpaired) electrons. The zero-order chi connectivity index (χ0) is 22.1. The normalized spacial score (nSPS) is 11.0. The van der Waals surface area contributed by atoms with Crippen molar-refractivity contribution in [3.8, 4) is 0 Å². The first-order valence-corrected chi connectivity index (χ1v) is 10.6. The van der Waals surface area contributed by atoms with Crippen molar-refractivity contribution in [1.82, 2.24) is 20.1 Å². The Bertz CT molecular complexity index is 832. The van der Waals surface area contributed by atoms with Gasteiger partial charge in [-0.1, -0.05) is 13.8 Å². The fourth-order valence-corrected chi connectivity index (χ4v) is 3.37. The molecule has 0 atom stereocenters. The second kappa shape index (κ2) is 11.5. The quantitative estimate of drug-likeness (QED) is 0.556. The van der Waals surface area contributed by atoms with Crippen molar-refractivity contribution in [1.29, 1.82) is 0 Å². The van der Waals surface area contributed by atoms with Crippen LogP contribution in [0.4, 0.5) is 5.13 Å². The molecule has 2 aromatic rings. The highest BCUT2D eigenvalue weighted by Gasteiger charge is 2.22. The Kier molecular flexibility index (Phi) is 9.00. The maximum atomic E-state index is 12.6. The number of aromatic nitrogens is 1. The summed E-state index contributed by atoms with van der Waals surface area (Å²) in [5, 5.41) is 7.66. The van der Waals surface area contributed by atoms with Gasteiger partial charge in [-0.2, -0.15) is 0 Å². The molecular weight excluding hydrogens is 406 g/mol. The number of amides is 3. The number of nitrogens with zero attached hydrogens (tertiary/aromatic N) is 3. The van der Waals surface area contributed by atoms with Gasteiger partial charge in [0.1, 0.15) is 6.54 Å². The zero-order valence-electron chi connectivity index (χ0n) is 17.8. The minimum atomic E-state index is -0.355. The summed E-state index contributed by atoms with van der Waals surface area (Å²) in [6.45, 7) is 5.57. The van der Waals surface area contributed by atoms with E-state index in [1.165, 1.54) is 22.5 Å². The SMILES string of the molecule is CC(C)CN(CC(=O)Nc1nc(CC(=O)NCCN(C)C)cs1)C(=O)c1ccco1. The molecule has 9 nitrogen and oxygen atoms in total. The predicted octanol–water partition coefficient (Wildman–Crippen LogP) is 1.69. The zero-order valence-corrected chi connectivity index (χ0v) is 18.6. The molecule has 10 heteroatoms. The maximum Gasteiger partial charge on any atom is 0.290 e. The second-order valence-corrected chi connectivity index (χ2v) is 8.44. The van der Waals surface area contributed by atoms with Crippen LogP contribution >= 0.6 is 11.3 Å². The van der Waals surface area contributed by atoms with Crippen LogP contribution in [0.3, 0.4) is 0 Å². The van der Waals surface area contributed by atoms with Crippen LogP contribution in [0.1, 0.15) is 30.1 Å². The average Bonchev–Trinajstić information content (AvgIpc) is 3.32. The van der Waals surface area contributed by atoms with E-state index < -0.39 is 0 Å². The highest BCUT2D eigenvalue weighted by molar-refractivity contribution is 7.13. The monoisotopic (exact) mass is 435 g/mol. The smallest absolute Gasteiger partial charge is 0.290 e. The molecule has 0 spiro atoms. The number of hydrogen-bond donors (Lipinski definition) is 2. The van der Waals surface area contributed by atoms with Crippen LogP contribution in [0.15, 0.2) is 28.2 Å². The van der Waals surface area contributed by atoms with E-state index in [0.717, 1.165) is 6.54 Å². The summed E-state index contributed by atoms with van der Waals surface area (Å²) in [7, 11) is 3.87. The van der Waals surface area contributed by atoms with Crippen LogP contribution in [-0.2, 0) is 16.0 Å². The van der Waals surface area contributed by atoms with Crippen molar-refractivity contribution in [2.45, 2.75) is 20.3 Å². The Morgan fingerprint density at radius 2 is 2.00 bits per heavy atom. The van der Waals surface area contributed by atoms with Gasteiger partial charge in [-0.15, -0.1) is 11.3 Å². The van der Waals surface area contributed by atoms with Gasteiger partial charge in [-0.25, -0.2) is 4.98 Å². The fourth-order valence-electron chi connectivity index (χ4n) is 2.64. The molecule has 0 unspecified atom stereocenters. The van der Waals surface area contributed by atoms with Gasteiger partial charge < -0.3 is 24.9 Å². The summed E-state index contributed by atoms with van der Waals surface area (Å²) >= 11 is 1.24. The largest absolute Gasteiger partial charge is 0.459 e. The number of anilines is 1. The van der Waals surface area contributed by atoms with E-state index in [2.05, 4.69) is 15.6 Å². The van der Waals surface area contributed by atoms with Crippen LogP contribution in [-0.4, -0.2) is 72.8 Å². The van der Waals surface area contributed by atoms with E-state index in [1.54, 1.807) is 17.5 Å². The summed E-state index contributed by atoms with van der Waals surface area (Å²) in [6, 6.07) is 3.21. The van der Waals surface area contributed by atoms with Crippen LogP contribution < -0.4 is 10.6 Å². The molecule has 0 aliphatic heterocycles. The van der Waals surface area contributed by atoms with Gasteiger partial charge in [-0.3, -0.25) is 14.4 Å². The Morgan fingerprint density at radius 3 is 2.63 bits per heavy atom. The van der Waals surface area contributed by atoms with Crippen molar-refractivity contribution in [3.05, 3.63) is 35.2 Å². The second-order valence-electron chi connectivity index (χ2n) is 7.58. The van der Waals surface area contributed by atoms with Crippen LogP contribution in [0.2, 0.25) is 0 Å². The summed E-state index contributed by atoms with van der Waals surface area (Å²) in [5.41, 5.74) is 0.586. The molecule has 2 heterocycles. The third-order valence-electron chi connectivity index (χ3n) is 3.96. The molecule has 0 saturated carbocycles. The molecule has 0 bridgehead atoms. The van der Waals surface area contributed by atoms with E-state index >= 15 is 0 Å². The minimum absolute atomic E-state index is 0.113. The minimum Gasteiger partial charge on any atom is -0.459 e. The molecule has 3 amide bonds. The molecule has 0 aliphatic carbocycles. The number of hydrogen-bond acceptors (Lipinski definition) is 7. The number of carbonyl (C=O) groups excluding carboxylic acids is 3. The third kappa shape index (κ3) is 7.96. The molecule has 0 aliphatic rings. The van der Waals surface area contributed by atoms with Gasteiger partial charge in [0.2, 0.25) is 11.8 Å². The van der Waals surface area contributed by atoms with Crippen molar-refractivity contribution in [2.24, 2.45) is 5.92 Å². The Balaban J connectivity index is 1.88. The topological polar surface area (TPSA) is 108 Å². The first-order valence-electron chi connectivity index (χ1n) is 9.73. The fraction of sp³-hybridized carbons (Fsp3) is 0.500. The lowest BCUT2D eigenvalue weighted by Crippen LogP contribution is -2.40. The number of rotatable bonds is 11. The molecule has 0 saturated heterocycles. The molecule has 2 aromatic heterocycles. The van der Waals surface area contributed by atoms with Crippen molar-refractivity contribution >= 4 is 34.2 Å². The predicted molar refractivity (Wildman–Crippen MR) is 115 cm³/mol. The van der Waals surface area contributed by atoms with Gasteiger partial charge in [-0.05, 0) is 32.1 Å². The van der Waals surface area contributed by atoms with Gasteiger partial charge in [0.15, 0.2) is 10.9 Å². The van der Waals surface area contributed by atoms with Crippen LogP contribution in [0.25, 0.3) is 0 Å². The summed E-state index contributed by atoms with van der Waals surface area (Å²) < 4.78 is 5.17. The van der Waals surface area contributed by atoms with Gasteiger partial charge in [0, 0.05) is 25.0 Å². The summed E-state index contributed by atoms with van der Waals surface area (Å²) in [4.78, 5) is 44.7. The van der Waals surface area contributed by atoms with E-state index in [1.807, 2.05) is 32.8 Å². The van der Waals surface area contributed by atoms with E-state index in [4.69, 9.17) is 4.42 Å². The lowest BCUT2D eigenvalue weighted by molar-refractivity contribution is -0.120. The van der Waals surface area contributed by atoms with E-state index in [-0.39, 0.29) is 42.4 Å². The van der Waals surface area contributed by atoms with E-state index in [9.17, 15) is 14.4 Å². The molecule has 164 valence electrons. The maximum absolute atomic E-state index is 12.6. The van der Waals surface area contributed by atoms with Gasteiger partial charge >= 0.3 is 0 Å². The van der Waals surface area contributed by atoms with E-state index in [0.29, 0.717) is 23.9 Å². The summed E-state index contributed by atoms with van der Waals surface area (Å²) in [5.74, 6) is -0.424. The van der Waals surface area contributed by atoms with Crippen molar-refractivity contribution in [3.63, 3.8) is 0 Å². The van der Waals surface area contributed by atoms with Gasteiger partial charge in [0.25, 0.3) is 5.91 Å². The molecular formula is C20H29N5O4S.